The van der Waals surface area contributed by atoms with Gasteiger partial charge in [-0.2, -0.15) is 5.10 Å². The van der Waals surface area contributed by atoms with Crippen molar-refractivity contribution < 1.29 is 14.7 Å². The second-order valence-electron chi connectivity index (χ2n) is 5.92. The first kappa shape index (κ1) is 16.5. The Hall–Kier alpha value is -1.89. The number of carboxylic acids is 1. The number of fused-ring (bicyclic) bond motifs is 1. The fraction of sp³-hybridized carbons (Fsp3) is 0.533. The average Bonchev–Trinajstić information content (AvgIpc) is 2.98. The molecule has 1 amide bonds. The highest BCUT2D eigenvalue weighted by molar-refractivity contribution is 7.20. The number of aromatic nitrogens is 2. The van der Waals surface area contributed by atoms with Gasteiger partial charge >= 0.3 is 5.97 Å². The van der Waals surface area contributed by atoms with Crippen LogP contribution in [0.1, 0.15) is 42.1 Å². The SMILES string of the molecule is CC(CN(C)C(=O)c1cc2c(C(C)C)nn(C)c2s1)C(=O)O. The Balaban J connectivity index is 2.29. The number of carbonyl (C=O) groups is 2. The fourth-order valence-electron chi connectivity index (χ4n) is 2.36. The summed E-state index contributed by atoms with van der Waals surface area (Å²) in [6.45, 7) is 5.93. The first-order valence-corrected chi connectivity index (χ1v) is 7.98. The standard InChI is InChI=1S/C15H21N3O3S/c1-8(2)12-10-6-11(22-14(10)18(5)16-12)13(19)17(4)7-9(3)15(20)21/h6,8-9H,7H2,1-5H3,(H,20,21). The molecule has 2 rings (SSSR count). The lowest BCUT2D eigenvalue weighted by Gasteiger charge is -2.18. The molecule has 0 saturated heterocycles. The van der Waals surface area contributed by atoms with Crippen LogP contribution in [0, 0.1) is 5.92 Å². The van der Waals surface area contributed by atoms with Gasteiger partial charge in [0.15, 0.2) is 0 Å². The molecule has 0 aliphatic rings. The summed E-state index contributed by atoms with van der Waals surface area (Å²) in [4.78, 5) is 26.4. The number of hydrogen-bond acceptors (Lipinski definition) is 4. The van der Waals surface area contributed by atoms with Gasteiger partial charge in [0.25, 0.3) is 5.91 Å². The molecule has 1 N–H and O–H groups in total. The van der Waals surface area contributed by atoms with Gasteiger partial charge in [-0.3, -0.25) is 14.3 Å². The summed E-state index contributed by atoms with van der Waals surface area (Å²) >= 11 is 1.40. The van der Waals surface area contributed by atoms with Gasteiger partial charge in [-0.15, -0.1) is 11.3 Å². The minimum absolute atomic E-state index is 0.149. The molecule has 7 heteroatoms. The Labute approximate surface area is 133 Å². The maximum atomic E-state index is 12.5. The van der Waals surface area contributed by atoms with E-state index >= 15 is 0 Å². The number of amides is 1. The van der Waals surface area contributed by atoms with Crippen LogP contribution in [0.15, 0.2) is 6.07 Å². The van der Waals surface area contributed by atoms with Crippen molar-refractivity contribution in [3.05, 3.63) is 16.6 Å². The van der Waals surface area contributed by atoms with Gasteiger partial charge in [0.1, 0.15) is 4.83 Å². The molecule has 120 valence electrons. The van der Waals surface area contributed by atoms with Crippen LogP contribution < -0.4 is 0 Å². The van der Waals surface area contributed by atoms with Gasteiger partial charge in [-0.1, -0.05) is 20.8 Å². The van der Waals surface area contributed by atoms with E-state index < -0.39 is 11.9 Å². The fourth-order valence-corrected chi connectivity index (χ4v) is 3.43. The largest absolute Gasteiger partial charge is 0.481 e. The number of aryl methyl sites for hydroxylation is 1. The van der Waals surface area contributed by atoms with Crippen molar-refractivity contribution in [1.29, 1.82) is 0 Å². The summed E-state index contributed by atoms with van der Waals surface area (Å²) in [5, 5.41) is 14.4. The number of hydrogen-bond donors (Lipinski definition) is 1. The summed E-state index contributed by atoms with van der Waals surface area (Å²) in [5.74, 6) is -1.35. The maximum absolute atomic E-state index is 12.5. The Bertz CT molecular complexity index is 717. The normalized spacial score (nSPS) is 12.8. The maximum Gasteiger partial charge on any atom is 0.308 e. The molecule has 0 fully saturated rings. The highest BCUT2D eigenvalue weighted by atomic mass is 32.1. The predicted octanol–water partition coefficient (Wildman–Crippen LogP) is 2.55. The van der Waals surface area contributed by atoms with Crippen LogP contribution in [0.5, 0.6) is 0 Å². The summed E-state index contributed by atoms with van der Waals surface area (Å²) in [6, 6.07) is 1.87. The van der Waals surface area contributed by atoms with Gasteiger partial charge in [-0.05, 0) is 12.0 Å². The Morgan fingerprint density at radius 2 is 2.05 bits per heavy atom. The third-order valence-electron chi connectivity index (χ3n) is 3.61. The molecule has 6 nitrogen and oxygen atoms in total. The van der Waals surface area contributed by atoms with Crippen molar-refractivity contribution in [2.24, 2.45) is 13.0 Å². The molecule has 22 heavy (non-hydrogen) atoms. The second kappa shape index (κ2) is 6.08. The number of aliphatic carboxylic acids is 1. The summed E-state index contributed by atoms with van der Waals surface area (Å²) in [7, 11) is 3.50. The quantitative estimate of drug-likeness (QED) is 0.917. The average molecular weight is 323 g/mol. The first-order chi connectivity index (χ1) is 10.2. The van der Waals surface area contributed by atoms with Crippen molar-refractivity contribution >= 4 is 33.4 Å². The third kappa shape index (κ3) is 2.99. The second-order valence-corrected chi connectivity index (χ2v) is 6.95. The molecule has 2 heterocycles. The number of carboxylic acid groups (broad SMARTS) is 1. The number of carbonyl (C=O) groups excluding carboxylic acids is 1. The zero-order valence-corrected chi connectivity index (χ0v) is 14.3. The van der Waals surface area contributed by atoms with Crippen LogP contribution in [-0.2, 0) is 11.8 Å². The smallest absolute Gasteiger partial charge is 0.308 e. The van der Waals surface area contributed by atoms with Crippen LogP contribution in [0.25, 0.3) is 10.2 Å². The van der Waals surface area contributed by atoms with Gasteiger partial charge in [0.05, 0.1) is 16.5 Å². The van der Waals surface area contributed by atoms with Crippen molar-refractivity contribution in [3.63, 3.8) is 0 Å². The molecular formula is C15H21N3O3S. The van der Waals surface area contributed by atoms with Crippen LogP contribution in [0.2, 0.25) is 0 Å². The molecule has 1 unspecified atom stereocenters. The summed E-state index contributed by atoms with van der Waals surface area (Å²) in [6.07, 6.45) is 0. The van der Waals surface area contributed by atoms with E-state index in [1.54, 1.807) is 18.7 Å². The summed E-state index contributed by atoms with van der Waals surface area (Å²) < 4.78 is 1.80. The van der Waals surface area contributed by atoms with Crippen molar-refractivity contribution in [2.45, 2.75) is 26.7 Å². The predicted molar refractivity (Wildman–Crippen MR) is 86.4 cm³/mol. The lowest BCUT2D eigenvalue weighted by atomic mass is 10.1. The Morgan fingerprint density at radius 3 is 2.59 bits per heavy atom. The molecule has 0 spiro atoms. The van der Waals surface area contributed by atoms with Crippen LogP contribution in [0.3, 0.4) is 0 Å². The van der Waals surface area contributed by atoms with E-state index in [-0.39, 0.29) is 18.4 Å². The van der Waals surface area contributed by atoms with Crippen LogP contribution in [0.4, 0.5) is 0 Å². The topological polar surface area (TPSA) is 75.4 Å². The highest BCUT2D eigenvalue weighted by Gasteiger charge is 2.22. The molecule has 0 radical (unpaired) electrons. The number of rotatable bonds is 5. The minimum atomic E-state index is -0.901. The molecular weight excluding hydrogens is 302 g/mol. The van der Waals surface area contributed by atoms with E-state index in [1.807, 2.05) is 13.1 Å². The molecule has 0 aliphatic heterocycles. The zero-order chi connectivity index (χ0) is 16.6. The van der Waals surface area contributed by atoms with Crippen molar-refractivity contribution in [1.82, 2.24) is 14.7 Å². The van der Waals surface area contributed by atoms with E-state index in [4.69, 9.17) is 5.11 Å². The number of nitrogens with zero attached hydrogens (tertiary/aromatic N) is 3. The molecule has 0 bridgehead atoms. The zero-order valence-electron chi connectivity index (χ0n) is 13.5. The van der Waals surface area contributed by atoms with E-state index in [0.717, 1.165) is 15.9 Å². The molecule has 0 aromatic carbocycles. The lowest BCUT2D eigenvalue weighted by Crippen LogP contribution is -2.33. The van der Waals surface area contributed by atoms with E-state index in [0.29, 0.717) is 4.88 Å². The Morgan fingerprint density at radius 1 is 1.41 bits per heavy atom. The van der Waals surface area contributed by atoms with Crippen LogP contribution in [-0.4, -0.2) is 45.3 Å². The first-order valence-electron chi connectivity index (χ1n) is 7.17. The lowest BCUT2D eigenvalue weighted by molar-refractivity contribution is -0.141. The van der Waals surface area contributed by atoms with Crippen LogP contribution >= 0.6 is 11.3 Å². The third-order valence-corrected chi connectivity index (χ3v) is 4.80. The molecule has 2 aromatic rings. The summed E-state index contributed by atoms with van der Waals surface area (Å²) in [5.41, 5.74) is 0.981. The minimum Gasteiger partial charge on any atom is -0.481 e. The Kier molecular flexibility index (Phi) is 4.55. The molecule has 0 saturated carbocycles. The molecule has 2 aromatic heterocycles. The van der Waals surface area contributed by atoms with E-state index in [9.17, 15) is 9.59 Å². The monoisotopic (exact) mass is 323 g/mol. The molecule has 0 aliphatic carbocycles. The van der Waals surface area contributed by atoms with E-state index in [1.165, 1.54) is 16.2 Å². The van der Waals surface area contributed by atoms with Gasteiger partial charge in [0.2, 0.25) is 0 Å². The van der Waals surface area contributed by atoms with E-state index in [2.05, 4.69) is 18.9 Å². The van der Waals surface area contributed by atoms with Crippen molar-refractivity contribution in [3.8, 4) is 0 Å². The van der Waals surface area contributed by atoms with Crippen molar-refractivity contribution in [2.75, 3.05) is 13.6 Å². The van der Waals surface area contributed by atoms with Gasteiger partial charge in [0, 0.05) is 26.0 Å². The van der Waals surface area contributed by atoms with Gasteiger partial charge in [-0.25, -0.2) is 0 Å². The van der Waals surface area contributed by atoms with Gasteiger partial charge < -0.3 is 10.0 Å². The number of thiophene rings is 1. The highest BCUT2D eigenvalue weighted by Crippen LogP contribution is 2.32. The molecule has 1 atom stereocenters.